The molecule has 0 fully saturated rings. The number of pyridine rings is 1. The number of hydrogen-bond acceptors (Lipinski definition) is 4. The van der Waals surface area contributed by atoms with Crippen LogP contribution in [0.2, 0.25) is 0 Å². The molecule has 0 saturated heterocycles. The molecule has 2 heterocycles. The third-order valence-corrected chi connectivity index (χ3v) is 4.85. The van der Waals surface area contributed by atoms with Crippen LogP contribution in [-0.2, 0) is 11.2 Å². The van der Waals surface area contributed by atoms with Gasteiger partial charge in [0, 0.05) is 29.8 Å². The lowest BCUT2D eigenvalue weighted by Crippen LogP contribution is -2.12. The number of ether oxygens (including phenoxy) is 1. The highest BCUT2D eigenvalue weighted by Crippen LogP contribution is 2.24. The van der Waals surface area contributed by atoms with Gasteiger partial charge in [0.1, 0.15) is 11.6 Å². The van der Waals surface area contributed by atoms with Gasteiger partial charge in [-0.1, -0.05) is 24.3 Å². The smallest absolute Gasteiger partial charge is 0.225 e. The predicted octanol–water partition coefficient (Wildman–Crippen LogP) is 4.59. The molecule has 146 valence electrons. The van der Waals surface area contributed by atoms with Gasteiger partial charge >= 0.3 is 0 Å². The summed E-state index contributed by atoms with van der Waals surface area (Å²) in [4.78, 5) is 16.7. The van der Waals surface area contributed by atoms with E-state index in [2.05, 4.69) is 26.6 Å². The Labute approximate surface area is 168 Å². The molecule has 0 unspecified atom stereocenters. The van der Waals surface area contributed by atoms with Gasteiger partial charge in [-0.05, 0) is 53.6 Å². The van der Waals surface area contributed by atoms with E-state index in [1.165, 1.54) is 5.56 Å². The first-order valence-electron chi connectivity index (χ1n) is 9.53. The van der Waals surface area contributed by atoms with E-state index < -0.39 is 0 Å². The van der Waals surface area contributed by atoms with E-state index in [0.717, 1.165) is 40.5 Å². The van der Waals surface area contributed by atoms with Gasteiger partial charge in [-0.15, -0.1) is 0 Å². The summed E-state index contributed by atoms with van der Waals surface area (Å²) in [6.45, 7) is 0. The number of aromatic amines is 1. The lowest BCUT2D eigenvalue weighted by Gasteiger charge is -2.07. The monoisotopic (exact) mass is 386 g/mol. The minimum Gasteiger partial charge on any atom is -0.497 e. The maximum absolute atomic E-state index is 12.3. The third-order valence-electron chi connectivity index (χ3n) is 4.85. The number of H-pyrrole nitrogens is 1. The fourth-order valence-electron chi connectivity index (χ4n) is 3.25. The number of benzene rings is 2. The lowest BCUT2D eigenvalue weighted by atomic mass is 10.1. The van der Waals surface area contributed by atoms with E-state index in [9.17, 15) is 4.79 Å². The van der Waals surface area contributed by atoms with Crippen molar-refractivity contribution in [2.24, 2.45) is 0 Å². The highest BCUT2D eigenvalue weighted by Gasteiger charge is 2.06. The van der Waals surface area contributed by atoms with E-state index in [1.54, 1.807) is 19.5 Å². The summed E-state index contributed by atoms with van der Waals surface area (Å²) in [5.74, 6) is 1.37. The van der Waals surface area contributed by atoms with Crippen LogP contribution < -0.4 is 10.1 Å². The number of carbonyl (C=O) groups is 1. The van der Waals surface area contributed by atoms with E-state index >= 15 is 0 Å². The van der Waals surface area contributed by atoms with E-state index in [4.69, 9.17) is 4.74 Å². The van der Waals surface area contributed by atoms with Gasteiger partial charge < -0.3 is 10.1 Å². The summed E-state index contributed by atoms with van der Waals surface area (Å²) in [5, 5.41) is 11.8. The van der Waals surface area contributed by atoms with Crippen LogP contribution in [0.15, 0.2) is 67.1 Å². The zero-order valence-corrected chi connectivity index (χ0v) is 16.2. The van der Waals surface area contributed by atoms with E-state index in [-0.39, 0.29) is 5.91 Å². The molecule has 6 heteroatoms. The Kier molecular flexibility index (Phi) is 5.52. The van der Waals surface area contributed by atoms with Gasteiger partial charge in [-0.2, -0.15) is 5.10 Å². The topological polar surface area (TPSA) is 79.9 Å². The standard InChI is InChI=1S/C23H22N4O2/c1-29-21-9-5-16(6-10-21)3-2-4-23(28)27-22-12-19-11-17(20-14-25-26-15-20)7-8-18(19)13-24-22/h5-15H,2-4H2,1H3,(H,25,26)(H,24,27,28). The fourth-order valence-corrected chi connectivity index (χ4v) is 3.25. The molecule has 1 amide bonds. The van der Waals surface area contributed by atoms with Gasteiger partial charge in [-0.3, -0.25) is 9.89 Å². The highest BCUT2D eigenvalue weighted by molar-refractivity contribution is 5.93. The summed E-state index contributed by atoms with van der Waals surface area (Å²) < 4.78 is 5.16. The van der Waals surface area contributed by atoms with Gasteiger partial charge in [0.25, 0.3) is 0 Å². The SMILES string of the molecule is COc1ccc(CCCC(=O)Nc2cc3cc(-c4cn[nH]c4)ccc3cn2)cc1. The largest absolute Gasteiger partial charge is 0.497 e. The number of rotatable bonds is 7. The number of aryl methyl sites for hydroxylation is 1. The van der Waals surface area contributed by atoms with Crippen molar-refractivity contribution in [1.82, 2.24) is 15.2 Å². The molecule has 4 rings (SSSR count). The number of methoxy groups -OCH3 is 1. The summed E-state index contributed by atoms with van der Waals surface area (Å²) in [6.07, 6.45) is 7.48. The molecule has 2 aromatic heterocycles. The van der Waals surface area contributed by atoms with Gasteiger partial charge in [0.2, 0.25) is 5.91 Å². The Bertz CT molecular complexity index is 1110. The van der Waals surface area contributed by atoms with E-state index in [0.29, 0.717) is 12.2 Å². The second-order valence-electron chi connectivity index (χ2n) is 6.87. The number of amides is 1. The average molecular weight is 386 g/mol. The van der Waals surface area contributed by atoms with Gasteiger partial charge in [-0.25, -0.2) is 4.98 Å². The number of hydrogen-bond donors (Lipinski definition) is 2. The normalized spacial score (nSPS) is 10.8. The quantitative estimate of drug-likeness (QED) is 0.487. The van der Waals surface area contributed by atoms with Crippen molar-refractivity contribution in [2.45, 2.75) is 19.3 Å². The molecule has 0 bridgehead atoms. The predicted molar refractivity (Wildman–Crippen MR) is 114 cm³/mol. The minimum absolute atomic E-state index is 0.0312. The number of nitrogens with zero attached hydrogens (tertiary/aromatic N) is 2. The van der Waals surface area contributed by atoms with Crippen molar-refractivity contribution in [3.05, 3.63) is 72.7 Å². The lowest BCUT2D eigenvalue weighted by molar-refractivity contribution is -0.116. The van der Waals surface area contributed by atoms with Crippen LogP contribution in [0.1, 0.15) is 18.4 Å². The number of anilines is 1. The highest BCUT2D eigenvalue weighted by atomic mass is 16.5. The first-order chi connectivity index (χ1) is 14.2. The Hall–Kier alpha value is -3.67. The maximum atomic E-state index is 12.3. The molecule has 2 N–H and O–H groups in total. The van der Waals surface area contributed by atoms with Crippen LogP contribution in [-0.4, -0.2) is 28.2 Å². The summed E-state index contributed by atoms with van der Waals surface area (Å²) in [6, 6.07) is 16.0. The van der Waals surface area contributed by atoms with Crippen LogP contribution in [0, 0.1) is 0 Å². The Morgan fingerprint density at radius 3 is 2.66 bits per heavy atom. The molecule has 0 aliphatic carbocycles. The molecule has 4 aromatic rings. The van der Waals surface area contributed by atoms with Crippen LogP contribution in [0.4, 0.5) is 5.82 Å². The zero-order valence-electron chi connectivity index (χ0n) is 16.2. The van der Waals surface area contributed by atoms with Crippen molar-refractivity contribution in [1.29, 1.82) is 0 Å². The second-order valence-corrected chi connectivity index (χ2v) is 6.87. The second kappa shape index (κ2) is 8.56. The molecule has 0 aliphatic rings. The van der Waals surface area contributed by atoms with Crippen molar-refractivity contribution in [3.8, 4) is 16.9 Å². The van der Waals surface area contributed by atoms with Crippen LogP contribution in [0.25, 0.3) is 21.9 Å². The van der Waals surface area contributed by atoms with Crippen molar-refractivity contribution in [3.63, 3.8) is 0 Å². The summed E-state index contributed by atoms with van der Waals surface area (Å²) in [5.41, 5.74) is 3.27. The molecule has 0 radical (unpaired) electrons. The first kappa shape index (κ1) is 18.7. The number of carbonyl (C=O) groups excluding carboxylic acids is 1. The number of aromatic nitrogens is 3. The molecule has 0 spiro atoms. The molecule has 0 aliphatic heterocycles. The van der Waals surface area contributed by atoms with Crippen LogP contribution in [0.5, 0.6) is 5.75 Å². The van der Waals surface area contributed by atoms with Crippen molar-refractivity contribution >= 4 is 22.5 Å². The first-order valence-corrected chi connectivity index (χ1v) is 9.53. The molecular weight excluding hydrogens is 364 g/mol. The maximum Gasteiger partial charge on any atom is 0.225 e. The Morgan fingerprint density at radius 1 is 1.03 bits per heavy atom. The molecule has 2 aromatic carbocycles. The summed E-state index contributed by atoms with van der Waals surface area (Å²) in [7, 11) is 1.65. The zero-order chi connectivity index (χ0) is 20.1. The fraction of sp³-hybridized carbons (Fsp3) is 0.174. The summed E-state index contributed by atoms with van der Waals surface area (Å²) >= 11 is 0. The van der Waals surface area contributed by atoms with Crippen LogP contribution in [0.3, 0.4) is 0 Å². The Morgan fingerprint density at radius 2 is 1.90 bits per heavy atom. The molecule has 0 atom stereocenters. The molecular formula is C23H22N4O2. The van der Waals surface area contributed by atoms with Crippen LogP contribution >= 0.6 is 0 Å². The average Bonchev–Trinajstić information content (AvgIpc) is 3.29. The molecule has 29 heavy (non-hydrogen) atoms. The molecule has 0 saturated carbocycles. The number of nitrogens with one attached hydrogen (secondary N) is 2. The number of fused-ring (bicyclic) bond motifs is 1. The minimum atomic E-state index is -0.0312. The van der Waals surface area contributed by atoms with Gasteiger partial charge in [0.15, 0.2) is 0 Å². The van der Waals surface area contributed by atoms with Crippen molar-refractivity contribution in [2.75, 3.05) is 12.4 Å². The molecule has 6 nitrogen and oxygen atoms in total. The van der Waals surface area contributed by atoms with E-state index in [1.807, 2.05) is 48.7 Å². The third kappa shape index (κ3) is 4.60. The van der Waals surface area contributed by atoms with Gasteiger partial charge in [0.05, 0.1) is 13.3 Å². The Balaban J connectivity index is 1.37. The van der Waals surface area contributed by atoms with Crippen molar-refractivity contribution < 1.29 is 9.53 Å².